The second-order valence-electron chi connectivity index (χ2n) is 6.26. The van der Waals surface area contributed by atoms with E-state index >= 15 is 0 Å². The summed E-state index contributed by atoms with van der Waals surface area (Å²) >= 11 is 0. The maximum atomic E-state index is 14.2. The van der Waals surface area contributed by atoms with Crippen LogP contribution in [0.4, 0.5) is 10.2 Å². The average molecular weight is 293 g/mol. The third-order valence-corrected chi connectivity index (χ3v) is 4.80. The van der Waals surface area contributed by atoms with Gasteiger partial charge in [0.2, 0.25) is 0 Å². The van der Waals surface area contributed by atoms with E-state index in [1.54, 1.807) is 0 Å². The molecule has 3 rings (SSSR count). The van der Waals surface area contributed by atoms with E-state index in [9.17, 15) is 4.39 Å². The first-order valence-corrected chi connectivity index (χ1v) is 8.12. The number of ether oxygens (including phenoxy) is 1. The van der Waals surface area contributed by atoms with E-state index in [-0.39, 0.29) is 17.5 Å². The predicted octanol–water partition coefficient (Wildman–Crippen LogP) is 3.47. The van der Waals surface area contributed by atoms with E-state index in [1.165, 1.54) is 25.6 Å². The van der Waals surface area contributed by atoms with Crippen molar-refractivity contribution in [3.63, 3.8) is 0 Å². The van der Waals surface area contributed by atoms with Crippen molar-refractivity contribution < 1.29 is 9.13 Å². The highest BCUT2D eigenvalue weighted by molar-refractivity contribution is 5.38. The molecule has 1 unspecified atom stereocenters. The summed E-state index contributed by atoms with van der Waals surface area (Å²) in [6, 6.07) is 0.242. The zero-order chi connectivity index (χ0) is 14.7. The number of aromatic nitrogens is 2. The third kappa shape index (κ3) is 3.18. The number of aryl methyl sites for hydroxylation is 1. The summed E-state index contributed by atoms with van der Waals surface area (Å²) in [7, 11) is 0. The van der Waals surface area contributed by atoms with Crippen molar-refractivity contribution in [3.05, 3.63) is 17.8 Å². The number of rotatable bonds is 3. The Labute approximate surface area is 125 Å². The smallest absolute Gasteiger partial charge is 0.186 e. The Morgan fingerprint density at radius 3 is 2.90 bits per heavy atom. The van der Waals surface area contributed by atoms with Gasteiger partial charge in [0, 0.05) is 12.6 Å². The highest BCUT2D eigenvalue weighted by Gasteiger charge is 2.38. The summed E-state index contributed by atoms with van der Waals surface area (Å²) in [6.07, 6.45) is 9.97. The Kier molecular flexibility index (Phi) is 4.38. The quantitative estimate of drug-likeness (QED) is 0.927. The van der Waals surface area contributed by atoms with Gasteiger partial charge in [-0.1, -0.05) is 26.2 Å². The summed E-state index contributed by atoms with van der Waals surface area (Å²) in [5.74, 6) is 0.0453. The fraction of sp³-hybridized carbons (Fsp3) is 0.750. The van der Waals surface area contributed by atoms with Gasteiger partial charge in [0.05, 0.1) is 11.3 Å². The summed E-state index contributed by atoms with van der Waals surface area (Å²) in [6.45, 7) is 2.66. The lowest BCUT2D eigenvalue weighted by Crippen LogP contribution is -2.45. The van der Waals surface area contributed by atoms with Gasteiger partial charge in [-0.15, -0.1) is 0 Å². The first kappa shape index (κ1) is 14.7. The fourth-order valence-electron chi connectivity index (χ4n) is 3.64. The van der Waals surface area contributed by atoms with Gasteiger partial charge in [0.1, 0.15) is 6.33 Å². The molecule has 5 heteroatoms. The molecule has 1 N–H and O–H groups in total. The zero-order valence-corrected chi connectivity index (χ0v) is 12.7. The maximum absolute atomic E-state index is 14.2. The highest BCUT2D eigenvalue weighted by atomic mass is 19.1. The van der Waals surface area contributed by atoms with E-state index in [0.29, 0.717) is 17.9 Å². The first-order valence-electron chi connectivity index (χ1n) is 8.12. The number of hydrogen-bond donors (Lipinski definition) is 1. The third-order valence-electron chi connectivity index (χ3n) is 4.80. The lowest BCUT2D eigenvalue weighted by Gasteiger charge is -2.43. The minimum Gasteiger partial charge on any atom is -0.375 e. The van der Waals surface area contributed by atoms with Crippen LogP contribution in [0.5, 0.6) is 0 Å². The number of nitrogens with one attached hydrogen (secondary N) is 1. The van der Waals surface area contributed by atoms with Crippen molar-refractivity contribution >= 4 is 5.82 Å². The molecule has 1 aromatic rings. The molecule has 116 valence electrons. The highest BCUT2D eigenvalue weighted by Crippen LogP contribution is 2.39. The van der Waals surface area contributed by atoms with Crippen LogP contribution in [-0.4, -0.2) is 28.2 Å². The molecule has 1 saturated carbocycles. The second-order valence-corrected chi connectivity index (χ2v) is 6.26. The molecule has 1 saturated heterocycles. The normalized spacial score (nSPS) is 25.0. The van der Waals surface area contributed by atoms with E-state index in [2.05, 4.69) is 15.3 Å². The lowest BCUT2D eigenvalue weighted by molar-refractivity contribution is -0.103. The van der Waals surface area contributed by atoms with Crippen LogP contribution in [0.3, 0.4) is 0 Å². The first-order chi connectivity index (χ1) is 10.2. The zero-order valence-electron chi connectivity index (χ0n) is 12.7. The van der Waals surface area contributed by atoms with Crippen LogP contribution in [0.1, 0.15) is 57.6 Å². The van der Waals surface area contributed by atoms with E-state index < -0.39 is 0 Å². The average Bonchev–Trinajstić information content (AvgIpc) is 2.50. The fourth-order valence-corrected chi connectivity index (χ4v) is 3.64. The molecule has 1 spiro atoms. The van der Waals surface area contributed by atoms with Crippen LogP contribution >= 0.6 is 0 Å². The van der Waals surface area contributed by atoms with Gasteiger partial charge >= 0.3 is 0 Å². The number of hydrogen-bond acceptors (Lipinski definition) is 4. The van der Waals surface area contributed by atoms with Gasteiger partial charge < -0.3 is 10.1 Å². The monoisotopic (exact) mass is 293 g/mol. The van der Waals surface area contributed by atoms with Crippen molar-refractivity contribution in [3.8, 4) is 0 Å². The second kappa shape index (κ2) is 6.26. The number of halogens is 1. The molecule has 0 bridgehead atoms. The molecule has 0 amide bonds. The Bertz CT molecular complexity index is 483. The van der Waals surface area contributed by atoms with Crippen LogP contribution in [0.15, 0.2) is 6.33 Å². The van der Waals surface area contributed by atoms with Gasteiger partial charge in [-0.25, -0.2) is 14.4 Å². The minimum absolute atomic E-state index is 0.0191. The molecular formula is C16H24FN3O. The van der Waals surface area contributed by atoms with E-state index in [4.69, 9.17) is 4.74 Å². The molecular weight excluding hydrogens is 269 g/mol. The van der Waals surface area contributed by atoms with Crippen LogP contribution in [0.25, 0.3) is 0 Å². The van der Waals surface area contributed by atoms with Crippen molar-refractivity contribution in [2.45, 2.75) is 69.9 Å². The molecule has 1 aromatic heterocycles. The van der Waals surface area contributed by atoms with Crippen molar-refractivity contribution in [1.29, 1.82) is 0 Å². The summed E-state index contributed by atoms with van der Waals surface area (Å²) in [5, 5.41) is 3.29. The van der Waals surface area contributed by atoms with E-state index in [0.717, 1.165) is 32.3 Å². The molecule has 4 nitrogen and oxygen atoms in total. The Morgan fingerprint density at radius 1 is 1.33 bits per heavy atom. The molecule has 1 atom stereocenters. The topological polar surface area (TPSA) is 47.0 Å². The predicted molar refractivity (Wildman–Crippen MR) is 79.8 cm³/mol. The van der Waals surface area contributed by atoms with Crippen LogP contribution < -0.4 is 5.32 Å². The molecule has 2 fully saturated rings. The van der Waals surface area contributed by atoms with Gasteiger partial charge in [0.25, 0.3) is 0 Å². The van der Waals surface area contributed by atoms with Crippen LogP contribution in [0.2, 0.25) is 0 Å². The van der Waals surface area contributed by atoms with Gasteiger partial charge in [-0.3, -0.25) is 0 Å². The van der Waals surface area contributed by atoms with Crippen molar-refractivity contribution in [2.75, 3.05) is 11.9 Å². The standard InChI is InChI=1S/C16H24FN3O/c1-2-13-14(17)15(19-11-18-13)20-12-6-9-21-16(10-12)7-4-3-5-8-16/h11-12H,2-10H2,1H3,(H,18,19,20). The number of anilines is 1. The minimum atomic E-state index is -0.302. The molecule has 1 aliphatic heterocycles. The van der Waals surface area contributed by atoms with Crippen molar-refractivity contribution in [1.82, 2.24) is 9.97 Å². The van der Waals surface area contributed by atoms with Gasteiger partial charge in [0.15, 0.2) is 11.6 Å². The summed E-state index contributed by atoms with van der Waals surface area (Å²) in [5.41, 5.74) is 0.498. The van der Waals surface area contributed by atoms with Crippen LogP contribution in [-0.2, 0) is 11.2 Å². The van der Waals surface area contributed by atoms with Crippen molar-refractivity contribution in [2.24, 2.45) is 0 Å². The molecule has 21 heavy (non-hydrogen) atoms. The Hall–Kier alpha value is -1.23. The van der Waals surface area contributed by atoms with Gasteiger partial charge in [-0.2, -0.15) is 0 Å². The molecule has 2 heterocycles. The van der Waals surface area contributed by atoms with E-state index in [1.807, 2.05) is 6.92 Å². The van der Waals surface area contributed by atoms with Crippen LogP contribution in [0, 0.1) is 5.82 Å². The maximum Gasteiger partial charge on any atom is 0.186 e. The number of nitrogens with zero attached hydrogens (tertiary/aromatic N) is 2. The molecule has 0 aromatic carbocycles. The summed E-state index contributed by atoms with van der Waals surface area (Å²) < 4.78 is 20.3. The molecule has 0 radical (unpaired) electrons. The lowest BCUT2D eigenvalue weighted by atomic mass is 9.78. The Balaban J connectivity index is 1.70. The largest absolute Gasteiger partial charge is 0.375 e. The summed E-state index contributed by atoms with van der Waals surface area (Å²) in [4.78, 5) is 8.06. The van der Waals surface area contributed by atoms with Gasteiger partial charge in [-0.05, 0) is 32.1 Å². The molecule has 1 aliphatic carbocycles. The molecule has 2 aliphatic rings. The SMILES string of the molecule is CCc1ncnc(NC2CCOC3(CCCCC3)C2)c1F. The Morgan fingerprint density at radius 2 is 2.14 bits per heavy atom.